The van der Waals surface area contributed by atoms with Gasteiger partial charge in [-0.05, 0) is 67.1 Å². The Labute approximate surface area is 201 Å². The van der Waals surface area contributed by atoms with Gasteiger partial charge in [-0.25, -0.2) is 5.01 Å². The highest BCUT2D eigenvalue weighted by atomic mass is 35.5. The van der Waals surface area contributed by atoms with Crippen LogP contribution in [0.1, 0.15) is 11.1 Å². The molecule has 0 aliphatic carbocycles. The molecule has 0 bridgehead atoms. The Morgan fingerprint density at radius 2 is 1.70 bits per heavy atom. The van der Waals surface area contributed by atoms with Crippen molar-refractivity contribution in [3.8, 4) is 11.5 Å². The molecule has 1 saturated heterocycles. The lowest BCUT2D eigenvalue weighted by molar-refractivity contribution is -0.117. The molecular formula is C25H20Cl2N2O4. The molecule has 1 N–H and O–H groups in total. The number of anilines is 1. The summed E-state index contributed by atoms with van der Waals surface area (Å²) in [4.78, 5) is 25.3. The quantitative estimate of drug-likeness (QED) is 0.284. The second-order valence-corrected chi connectivity index (χ2v) is 8.11. The van der Waals surface area contributed by atoms with Crippen LogP contribution in [0.15, 0.2) is 72.3 Å². The number of rotatable bonds is 7. The van der Waals surface area contributed by atoms with Crippen molar-refractivity contribution in [1.82, 2.24) is 5.43 Å². The summed E-state index contributed by atoms with van der Waals surface area (Å²) < 4.78 is 11.6. The third-order valence-electron chi connectivity index (χ3n) is 4.92. The number of halogens is 2. The maximum atomic E-state index is 12.9. The van der Waals surface area contributed by atoms with Gasteiger partial charge in [-0.2, -0.15) is 0 Å². The number of carbonyl (C=O) groups excluding carboxylic acids is 2. The highest BCUT2D eigenvalue weighted by Crippen LogP contribution is 2.28. The SMILES string of the molecule is Cc1cc(OCCOc2ccc(Cl)cc2C=C2C(=O)NN(c3ccccc3)C2=O)ccc1Cl. The van der Waals surface area contributed by atoms with E-state index >= 15 is 0 Å². The molecule has 1 aliphatic heterocycles. The van der Waals surface area contributed by atoms with Gasteiger partial charge in [0.25, 0.3) is 11.8 Å². The Kier molecular flexibility index (Phi) is 6.87. The van der Waals surface area contributed by atoms with Crippen molar-refractivity contribution >= 4 is 46.8 Å². The van der Waals surface area contributed by atoms with Crippen LogP contribution < -0.4 is 19.9 Å². The number of ether oxygens (including phenoxy) is 2. The van der Waals surface area contributed by atoms with E-state index in [0.717, 1.165) is 5.56 Å². The van der Waals surface area contributed by atoms with Crippen molar-refractivity contribution in [2.75, 3.05) is 18.2 Å². The molecule has 0 spiro atoms. The number of aryl methyl sites for hydroxylation is 1. The smallest absolute Gasteiger partial charge is 0.282 e. The molecule has 0 radical (unpaired) electrons. The van der Waals surface area contributed by atoms with E-state index in [4.69, 9.17) is 32.7 Å². The zero-order chi connectivity index (χ0) is 23.4. The molecule has 168 valence electrons. The van der Waals surface area contributed by atoms with Gasteiger partial charge in [-0.15, -0.1) is 0 Å². The van der Waals surface area contributed by atoms with Crippen LogP contribution >= 0.6 is 23.2 Å². The van der Waals surface area contributed by atoms with E-state index in [1.165, 1.54) is 11.1 Å². The predicted molar refractivity (Wildman–Crippen MR) is 129 cm³/mol. The van der Waals surface area contributed by atoms with E-state index in [9.17, 15) is 9.59 Å². The molecule has 4 rings (SSSR count). The van der Waals surface area contributed by atoms with Crippen LogP contribution in [0.25, 0.3) is 6.08 Å². The average molecular weight is 483 g/mol. The fraction of sp³-hybridized carbons (Fsp3) is 0.120. The minimum atomic E-state index is -0.503. The molecule has 1 heterocycles. The van der Waals surface area contributed by atoms with Gasteiger partial charge in [0.05, 0.1) is 5.69 Å². The number of nitrogens with zero attached hydrogens (tertiary/aromatic N) is 1. The van der Waals surface area contributed by atoms with Crippen LogP contribution in [-0.2, 0) is 9.59 Å². The van der Waals surface area contributed by atoms with Gasteiger partial charge in [0, 0.05) is 15.6 Å². The summed E-state index contributed by atoms with van der Waals surface area (Å²) in [5, 5.41) is 2.34. The Bertz CT molecular complexity index is 1230. The summed E-state index contributed by atoms with van der Waals surface area (Å²) >= 11 is 12.2. The standard InChI is InChI=1S/C25H20Cl2N2O4/c1-16-13-20(8-9-22(16)27)32-11-12-33-23-10-7-18(26)14-17(23)15-21-24(30)28-29(25(21)31)19-5-3-2-4-6-19/h2-10,13-15H,11-12H2,1H3,(H,28,30). The van der Waals surface area contributed by atoms with Crippen molar-refractivity contribution < 1.29 is 19.1 Å². The van der Waals surface area contributed by atoms with Gasteiger partial charge in [0.2, 0.25) is 0 Å². The second kappa shape index (κ2) is 9.98. The minimum absolute atomic E-state index is 0.0149. The van der Waals surface area contributed by atoms with Crippen LogP contribution in [0.2, 0.25) is 10.0 Å². The average Bonchev–Trinajstić information content (AvgIpc) is 3.09. The van der Waals surface area contributed by atoms with Gasteiger partial charge in [-0.1, -0.05) is 41.4 Å². The highest BCUT2D eigenvalue weighted by Gasteiger charge is 2.34. The summed E-state index contributed by atoms with van der Waals surface area (Å²) in [6, 6.07) is 19.3. The first-order chi connectivity index (χ1) is 15.9. The number of para-hydroxylation sites is 1. The molecule has 1 fully saturated rings. The van der Waals surface area contributed by atoms with E-state index in [1.807, 2.05) is 19.1 Å². The number of nitrogens with one attached hydrogen (secondary N) is 1. The van der Waals surface area contributed by atoms with Crippen LogP contribution in [0.5, 0.6) is 11.5 Å². The molecule has 33 heavy (non-hydrogen) atoms. The minimum Gasteiger partial charge on any atom is -0.490 e. The zero-order valence-electron chi connectivity index (χ0n) is 17.7. The maximum absolute atomic E-state index is 12.9. The van der Waals surface area contributed by atoms with E-state index < -0.39 is 11.8 Å². The van der Waals surface area contributed by atoms with Crippen molar-refractivity contribution in [3.05, 3.63) is 93.5 Å². The van der Waals surface area contributed by atoms with Crippen LogP contribution in [0.3, 0.4) is 0 Å². The molecule has 6 nitrogen and oxygen atoms in total. The monoisotopic (exact) mass is 482 g/mol. The first kappa shape index (κ1) is 22.7. The normalized spacial score (nSPS) is 14.5. The molecule has 0 aromatic heterocycles. The fourth-order valence-corrected chi connectivity index (χ4v) is 3.55. The van der Waals surface area contributed by atoms with E-state index in [-0.39, 0.29) is 12.2 Å². The molecule has 2 amide bonds. The Morgan fingerprint density at radius 1 is 0.939 bits per heavy atom. The third-order valence-corrected chi connectivity index (χ3v) is 5.58. The summed E-state index contributed by atoms with van der Waals surface area (Å²) in [6.45, 7) is 2.44. The lowest BCUT2D eigenvalue weighted by atomic mass is 10.1. The van der Waals surface area contributed by atoms with Crippen LogP contribution in [-0.4, -0.2) is 25.0 Å². The van der Waals surface area contributed by atoms with Crippen molar-refractivity contribution in [3.63, 3.8) is 0 Å². The number of hydrazine groups is 1. The van der Waals surface area contributed by atoms with Gasteiger partial charge < -0.3 is 9.47 Å². The molecule has 3 aromatic rings. The summed E-state index contributed by atoms with van der Waals surface area (Å²) in [6.07, 6.45) is 1.48. The second-order valence-electron chi connectivity index (χ2n) is 7.27. The van der Waals surface area contributed by atoms with Crippen molar-refractivity contribution in [2.24, 2.45) is 0 Å². The first-order valence-electron chi connectivity index (χ1n) is 10.2. The third kappa shape index (κ3) is 5.30. The number of hydrogen-bond acceptors (Lipinski definition) is 4. The molecule has 0 atom stereocenters. The first-order valence-corrected chi connectivity index (χ1v) is 10.9. The molecule has 1 aliphatic rings. The van der Waals surface area contributed by atoms with E-state index in [2.05, 4.69) is 5.43 Å². The van der Waals surface area contributed by atoms with Gasteiger partial charge in [-0.3, -0.25) is 15.0 Å². The molecular weight excluding hydrogens is 463 g/mol. The van der Waals surface area contributed by atoms with Gasteiger partial charge in [0.1, 0.15) is 30.3 Å². The largest absolute Gasteiger partial charge is 0.490 e. The Morgan fingerprint density at radius 3 is 2.45 bits per heavy atom. The zero-order valence-corrected chi connectivity index (χ0v) is 19.2. The van der Waals surface area contributed by atoms with E-state index in [1.54, 1.807) is 54.6 Å². The predicted octanol–water partition coefficient (Wildman–Crippen LogP) is 5.22. The van der Waals surface area contributed by atoms with Crippen LogP contribution in [0.4, 0.5) is 5.69 Å². The number of benzene rings is 3. The maximum Gasteiger partial charge on any atom is 0.282 e. The van der Waals surface area contributed by atoms with Gasteiger partial charge >= 0.3 is 0 Å². The molecule has 0 unspecified atom stereocenters. The number of carbonyl (C=O) groups is 2. The molecule has 8 heteroatoms. The summed E-state index contributed by atoms with van der Waals surface area (Å²) in [5.74, 6) is 0.199. The highest BCUT2D eigenvalue weighted by molar-refractivity contribution is 6.32. The Hall–Kier alpha value is -3.48. The van der Waals surface area contributed by atoms with E-state index in [0.29, 0.717) is 39.4 Å². The lowest BCUT2D eigenvalue weighted by Crippen LogP contribution is -2.35. The summed E-state index contributed by atoms with van der Waals surface area (Å²) in [5.41, 5.74) is 4.56. The fourth-order valence-electron chi connectivity index (χ4n) is 3.25. The van der Waals surface area contributed by atoms with Gasteiger partial charge in [0.15, 0.2) is 0 Å². The molecule has 3 aromatic carbocycles. The van der Waals surface area contributed by atoms with Crippen molar-refractivity contribution in [1.29, 1.82) is 0 Å². The Balaban J connectivity index is 1.47. The van der Waals surface area contributed by atoms with Crippen molar-refractivity contribution in [2.45, 2.75) is 6.92 Å². The topological polar surface area (TPSA) is 67.9 Å². The number of amides is 2. The lowest BCUT2D eigenvalue weighted by Gasteiger charge is -2.14. The number of hydrogen-bond donors (Lipinski definition) is 1. The summed E-state index contributed by atoms with van der Waals surface area (Å²) in [7, 11) is 0. The molecule has 0 saturated carbocycles. The van der Waals surface area contributed by atoms with Crippen LogP contribution in [0, 0.1) is 6.92 Å².